The quantitative estimate of drug-likeness (QED) is 0.833. The van der Waals surface area contributed by atoms with E-state index in [1.807, 2.05) is 0 Å². The van der Waals surface area contributed by atoms with Gasteiger partial charge in [-0.15, -0.1) is 0 Å². The Bertz CT molecular complexity index is 541. The maximum Gasteiger partial charge on any atom is 0.271 e. The van der Waals surface area contributed by atoms with Crippen molar-refractivity contribution < 1.29 is 4.79 Å². The maximum atomic E-state index is 11.8. The lowest BCUT2D eigenvalue weighted by Gasteiger charge is -2.06. The zero-order valence-electron chi connectivity index (χ0n) is 9.80. The molecule has 2 rings (SSSR count). The number of carbonyl (C=O) groups excluding carboxylic acids is 1. The summed E-state index contributed by atoms with van der Waals surface area (Å²) in [5, 5.41) is 11.2. The highest BCUT2D eigenvalue weighted by Crippen LogP contribution is 2.08. The predicted octanol–water partition coefficient (Wildman–Crippen LogP) is 0.282. The number of nitrogens with one attached hydrogen (secondary N) is 1. The van der Waals surface area contributed by atoms with Crippen LogP contribution in [-0.2, 0) is 13.6 Å². The molecule has 7 nitrogen and oxygen atoms in total. The van der Waals surface area contributed by atoms with Crippen LogP contribution in [0.25, 0.3) is 0 Å². The summed E-state index contributed by atoms with van der Waals surface area (Å²) in [6, 6.07) is 0. The van der Waals surface area contributed by atoms with Crippen molar-refractivity contribution in [3.8, 4) is 0 Å². The van der Waals surface area contributed by atoms with Crippen molar-refractivity contribution in [1.82, 2.24) is 24.9 Å². The number of anilines is 1. The highest BCUT2D eigenvalue weighted by Gasteiger charge is 2.13. The molecule has 96 valence electrons. The number of nitrogen functional groups attached to an aromatic ring is 1. The molecule has 18 heavy (non-hydrogen) atoms. The third-order valence-corrected chi connectivity index (χ3v) is 2.61. The number of rotatable bonds is 4. The summed E-state index contributed by atoms with van der Waals surface area (Å²) >= 11 is 5.73. The molecule has 0 fully saturated rings. The molecule has 0 atom stereocenters. The lowest BCUT2D eigenvalue weighted by molar-refractivity contribution is 0.0943. The summed E-state index contributed by atoms with van der Waals surface area (Å²) in [6.07, 6.45) is 4.68. The molecule has 0 spiro atoms. The molecule has 0 saturated carbocycles. The van der Waals surface area contributed by atoms with Crippen LogP contribution in [0.15, 0.2) is 18.6 Å². The fourth-order valence-electron chi connectivity index (χ4n) is 1.56. The van der Waals surface area contributed by atoms with Crippen molar-refractivity contribution in [3.63, 3.8) is 0 Å². The molecule has 0 aliphatic carbocycles. The molecule has 2 aromatic rings. The normalized spacial score (nSPS) is 10.6. The van der Waals surface area contributed by atoms with Gasteiger partial charge in [0.2, 0.25) is 0 Å². The van der Waals surface area contributed by atoms with E-state index in [1.165, 1.54) is 10.9 Å². The van der Waals surface area contributed by atoms with Crippen LogP contribution in [0.2, 0.25) is 5.02 Å². The second-order valence-electron chi connectivity index (χ2n) is 3.75. The lowest BCUT2D eigenvalue weighted by atomic mass is 10.3. The Balaban J connectivity index is 1.89. The largest absolute Gasteiger partial charge is 0.396 e. The number of nitrogens with two attached hydrogens (primary N) is 1. The van der Waals surface area contributed by atoms with Gasteiger partial charge in [-0.3, -0.25) is 14.2 Å². The van der Waals surface area contributed by atoms with E-state index in [0.29, 0.717) is 29.5 Å². The number of hydrogen-bond donors (Lipinski definition) is 2. The van der Waals surface area contributed by atoms with Crippen molar-refractivity contribution in [3.05, 3.63) is 29.3 Å². The monoisotopic (exact) mass is 268 g/mol. The van der Waals surface area contributed by atoms with Gasteiger partial charge in [0.25, 0.3) is 5.91 Å². The van der Waals surface area contributed by atoms with E-state index in [-0.39, 0.29) is 5.91 Å². The summed E-state index contributed by atoms with van der Waals surface area (Å²) in [5.41, 5.74) is 6.36. The third-order valence-electron chi connectivity index (χ3n) is 2.41. The summed E-state index contributed by atoms with van der Waals surface area (Å²) in [5.74, 6) is -0.259. The summed E-state index contributed by atoms with van der Waals surface area (Å²) < 4.78 is 3.09. The molecule has 1 amide bonds. The first kappa shape index (κ1) is 12.4. The van der Waals surface area contributed by atoms with Crippen LogP contribution < -0.4 is 11.1 Å². The average Bonchev–Trinajstić information content (AvgIpc) is 2.86. The molecule has 0 aliphatic heterocycles. The second-order valence-corrected chi connectivity index (χ2v) is 4.19. The van der Waals surface area contributed by atoms with Crippen molar-refractivity contribution in [2.24, 2.45) is 7.05 Å². The topological polar surface area (TPSA) is 90.8 Å². The first-order valence-corrected chi connectivity index (χ1v) is 5.69. The lowest BCUT2D eigenvalue weighted by Crippen LogP contribution is -2.29. The van der Waals surface area contributed by atoms with E-state index in [9.17, 15) is 4.79 Å². The van der Waals surface area contributed by atoms with Crippen LogP contribution in [0.3, 0.4) is 0 Å². The summed E-state index contributed by atoms with van der Waals surface area (Å²) in [4.78, 5) is 11.8. The van der Waals surface area contributed by atoms with Gasteiger partial charge in [0, 0.05) is 19.8 Å². The minimum atomic E-state index is -0.259. The molecule has 0 saturated heterocycles. The van der Waals surface area contributed by atoms with E-state index < -0.39 is 0 Å². The van der Waals surface area contributed by atoms with Gasteiger partial charge in [0.1, 0.15) is 5.69 Å². The number of aromatic nitrogens is 4. The zero-order chi connectivity index (χ0) is 13.1. The Morgan fingerprint density at radius 2 is 2.28 bits per heavy atom. The molecule has 0 bridgehead atoms. The van der Waals surface area contributed by atoms with Crippen LogP contribution in [0.4, 0.5) is 5.69 Å². The fourth-order valence-corrected chi connectivity index (χ4v) is 1.72. The maximum absolute atomic E-state index is 11.8. The Labute approximate surface area is 109 Å². The number of aryl methyl sites for hydroxylation is 1. The van der Waals surface area contributed by atoms with Gasteiger partial charge in [-0.1, -0.05) is 11.6 Å². The van der Waals surface area contributed by atoms with E-state index in [2.05, 4.69) is 15.5 Å². The first-order valence-electron chi connectivity index (χ1n) is 5.31. The number of amides is 1. The van der Waals surface area contributed by atoms with Crippen molar-refractivity contribution in [2.75, 3.05) is 12.3 Å². The molecular weight excluding hydrogens is 256 g/mol. The number of carbonyl (C=O) groups is 1. The first-order chi connectivity index (χ1) is 8.58. The molecule has 3 N–H and O–H groups in total. The third kappa shape index (κ3) is 2.62. The van der Waals surface area contributed by atoms with Gasteiger partial charge < -0.3 is 11.1 Å². The van der Waals surface area contributed by atoms with Crippen LogP contribution in [0.5, 0.6) is 0 Å². The van der Waals surface area contributed by atoms with E-state index in [1.54, 1.807) is 24.1 Å². The highest BCUT2D eigenvalue weighted by atomic mass is 35.5. The smallest absolute Gasteiger partial charge is 0.271 e. The van der Waals surface area contributed by atoms with Crippen LogP contribution in [0.1, 0.15) is 10.5 Å². The van der Waals surface area contributed by atoms with E-state index >= 15 is 0 Å². The van der Waals surface area contributed by atoms with Gasteiger partial charge in [-0.2, -0.15) is 10.2 Å². The Hall–Kier alpha value is -2.02. The predicted molar refractivity (Wildman–Crippen MR) is 67.2 cm³/mol. The summed E-state index contributed by atoms with van der Waals surface area (Å²) in [6.45, 7) is 0.970. The van der Waals surface area contributed by atoms with Gasteiger partial charge >= 0.3 is 0 Å². The number of hydrogen-bond acceptors (Lipinski definition) is 4. The van der Waals surface area contributed by atoms with Crippen LogP contribution >= 0.6 is 11.6 Å². The Morgan fingerprint density at radius 3 is 2.83 bits per heavy atom. The van der Waals surface area contributed by atoms with Gasteiger partial charge in [0.15, 0.2) is 0 Å². The van der Waals surface area contributed by atoms with Gasteiger partial charge in [0.05, 0.1) is 29.6 Å². The molecular formula is C10H13ClN6O. The molecule has 0 radical (unpaired) electrons. The number of nitrogens with zero attached hydrogens (tertiary/aromatic N) is 4. The van der Waals surface area contributed by atoms with E-state index in [4.69, 9.17) is 17.3 Å². The Kier molecular flexibility index (Phi) is 3.52. The molecule has 0 aliphatic rings. The fraction of sp³-hybridized carbons (Fsp3) is 0.300. The standard InChI is InChI=1S/C10H13ClN6O/c1-16-9(8(12)5-14-16)10(18)13-2-3-17-6-7(11)4-15-17/h4-6H,2-3,12H2,1H3,(H,13,18). The van der Waals surface area contributed by atoms with Gasteiger partial charge in [-0.05, 0) is 0 Å². The van der Waals surface area contributed by atoms with Crippen molar-refractivity contribution in [2.45, 2.75) is 6.54 Å². The molecule has 2 aromatic heterocycles. The second kappa shape index (κ2) is 5.09. The number of halogens is 1. The molecule has 2 heterocycles. The Morgan fingerprint density at radius 1 is 1.50 bits per heavy atom. The zero-order valence-corrected chi connectivity index (χ0v) is 10.6. The van der Waals surface area contributed by atoms with Crippen molar-refractivity contribution >= 4 is 23.2 Å². The van der Waals surface area contributed by atoms with Crippen LogP contribution in [0, 0.1) is 0 Å². The summed E-state index contributed by atoms with van der Waals surface area (Å²) in [7, 11) is 1.67. The van der Waals surface area contributed by atoms with E-state index in [0.717, 1.165) is 0 Å². The SMILES string of the molecule is Cn1ncc(N)c1C(=O)NCCn1cc(Cl)cn1. The highest BCUT2D eigenvalue weighted by molar-refractivity contribution is 6.30. The molecule has 0 aromatic carbocycles. The molecule has 0 unspecified atom stereocenters. The minimum absolute atomic E-state index is 0.259. The van der Waals surface area contributed by atoms with Gasteiger partial charge in [-0.25, -0.2) is 0 Å². The minimum Gasteiger partial charge on any atom is -0.396 e. The molecule has 8 heteroatoms. The average molecular weight is 269 g/mol. The van der Waals surface area contributed by atoms with Crippen molar-refractivity contribution in [1.29, 1.82) is 0 Å². The van der Waals surface area contributed by atoms with Crippen LogP contribution in [-0.4, -0.2) is 32.0 Å².